The van der Waals surface area contributed by atoms with Crippen molar-refractivity contribution in [3.05, 3.63) is 95.8 Å². The molecule has 2 aromatic carbocycles. The van der Waals surface area contributed by atoms with Gasteiger partial charge in [-0.25, -0.2) is 4.98 Å². The molecule has 0 fully saturated rings. The molecule has 0 aliphatic carbocycles. The number of pyridine rings is 1. The Bertz CT molecular complexity index is 1020. The van der Waals surface area contributed by atoms with Crippen LogP contribution in [0.1, 0.15) is 17.0 Å². The van der Waals surface area contributed by atoms with Crippen LogP contribution in [0.25, 0.3) is 28.2 Å². The maximum Gasteiger partial charge on any atom is 0.137 e. The second-order valence-electron chi connectivity index (χ2n) is 6.78. The van der Waals surface area contributed by atoms with E-state index in [9.17, 15) is 0 Å². The highest BCUT2D eigenvalue weighted by Crippen LogP contribution is 2.25. The highest BCUT2D eigenvalue weighted by atomic mass is 15.1. The smallest absolute Gasteiger partial charge is 0.137 e. The molecule has 2 heterocycles. The molecule has 0 N–H and O–H groups in total. The molecule has 0 spiro atoms. The van der Waals surface area contributed by atoms with Crippen LogP contribution in [-0.2, 0) is 0 Å². The minimum absolute atomic E-state index is 0.963. The number of aromatic nitrogens is 2. The molecule has 26 heavy (non-hydrogen) atoms. The van der Waals surface area contributed by atoms with E-state index in [4.69, 9.17) is 4.98 Å². The Morgan fingerprint density at radius 2 is 1.12 bits per heavy atom. The average Bonchev–Trinajstić information content (AvgIpc) is 3.01. The highest BCUT2D eigenvalue weighted by Gasteiger charge is 2.07. The third kappa shape index (κ3) is 3.06. The molecule has 0 amide bonds. The molecule has 2 nitrogen and oxygen atoms in total. The van der Waals surface area contributed by atoms with E-state index in [1.807, 2.05) is 0 Å². The molecule has 0 saturated heterocycles. The van der Waals surface area contributed by atoms with Crippen LogP contribution in [0.15, 0.2) is 78.9 Å². The van der Waals surface area contributed by atoms with Gasteiger partial charge in [0.05, 0.1) is 5.69 Å². The van der Waals surface area contributed by atoms with Crippen molar-refractivity contribution in [2.45, 2.75) is 20.8 Å². The lowest BCUT2D eigenvalue weighted by Gasteiger charge is -2.10. The number of rotatable bonds is 3. The van der Waals surface area contributed by atoms with Gasteiger partial charge in [-0.1, -0.05) is 60.2 Å². The summed E-state index contributed by atoms with van der Waals surface area (Å²) in [5, 5.41) is 0. The van der Waals surface area contributed by atoms with Crippen LogP contribution in [0, 0.1) is 20.8 Å². The minimum atomic E-state index is 0.963. The Morgan fingerprint density at radius 3 is 1.73 bits per heavy atom. The van der Waals surface area contributed by atoms with Crippen LogP contribution in [-0.4, -0.2) is 9.55 Å². The lowest BCUT2D eigenvalue weighted by Crippen LogP contribution is -2.02. The summed E-state index contributed by atoms with van der Waals surface area (Å²) in [4.78, 5) is 4.88. The van der Waals surface area contributed by atoms with Crippen molar-refractivity contribution in [1.29, 1.82) is 0 Å². The van der Waals surface area contributed by atoms with Crippen molar-refractivity contribution in [1.82, 2.24) is 9.55 Å². The van der Waals surface area contributed by atoms with Gasteiger partial charge in [-0.3, -0.25) is 0 Å². The van der Waals surface area contributed by atoms with Gasteiger partial charge in [0.25, 0.3) is 0 Å². The van der Waals surface area contributed by atoms with Crippen molar-refractivity contribution in [3.8, 4) is 28.2 Å². The van der Waals surface area contributed by atoms with Crippen molar-refractivity contribution in [2.75, 3.05) is 0 Å². The molecular formula is C24H22N2. The van der Waals surface area contributed by atoms with Crippen LogP contribution in [0.5, 0.6) is 0 Å². The van der Waals surface area contributed by atoms with E-state index >= 15 is 0 Å². The van der Waals surface area contributed by atoms with Crippen LogP contribution >= 0.6 is 0 Å². The molecule has 0 aliphatic heterocycles. The first-order chi connectivity index (χ1) is 12.6. The number of hydrogen-bond acceptors (Lipinski definition) is 1. The Morgan fingerprint density at radius 1 is 0.577 bits per heavy atom. The fourth-order valence-electron chi connectivity index (χ4n) is 3.32. The predicted molar refractivity (Wildman–Crippen MR) is 109 cm³/mol. The fourth-order valence-corrected chi connectivity index (χ4v) is 3.32. The average molecular weight is 338 g/mol. The van der Waals surface area contributed by atoms with Crippen LogP contribution < -0.4 is 0 Å². The Hall–Kier alpha value is -3.13. The molecule has 0 radical (unpaired) electrons. The van der Waals surface area contributed by atoms with E-state index in [0.717, 1.165) is 17.1 Å². The molecule has 0 saturated carbocycles. The van der Waals surface area contributed by atoms with Gasteiger partial charge >= 0.3 is 0 Å². The zero-order valence-corrected chi connectivity index (χ0v) is 15.4. The zero-order chi connectivity index (χ0) is 18.1. The Labute approximate surface area is 154 Å². The topological polar surface area (TPSA) is 17.8 Å². The van der Waals surface area contributed by atoms with Gasteiger partial charge in [0.2, 0.25) is 0 Å². The third-order valence-electron chi connectivity index (χ3n) is 4.80. The van der Waals surface area contributed by atoms with E-state index in [0.29, 0.717) is 0 Å². The van der Waals surface area contributed by atoms with Crippen molar-refractivity contribution in [3.63, 3.8) is 0 Å². The molecular weight excluding hydrogens is 316 g/mol. The summed E-state index contributed by atoms with van der Waals surface area (Å²) in [6.07, 6.45) is 0. The normalized spacial score (nSPS) is 10.9. The molecule has 2 aromatic heterocycles. The number of benzene rings is 2. The molecule has 0 unspecified atom stereocenters. The standard InChI is InChI=1S/C24H22N2/c1-17-7-11-20(12-8-17)21-13-15-22(16-14-21)23-5-4-6-24(25-23)26-18(2)9-10-19(26)3/h4-16H,1-3H3. The molecule has 0 aliphatic rings. The molecule has 2 heteroatoms. The van der Waals surface area contributed by atoms with Gasteiger partial charge < -0.3 is 4.57 Å². The van der Waals surface area contributed by atoms with Gasteiger partial charge in [0.15, 0.2) is 0 Å². The summed E-state index contributed by atoms with van der Waals surface area (Å²) >= 11 is 0. The lowest BCUT2D eigenvalue weighted by atomic mass is 10.0. The van der Waals surface area contributed by atoms with Crippen LogP contribution in [0.3, 0.4) is 0 Å². The van der Waals surface area contributed by atoms with Crippen molar-refractivity contribution in [2.24, 2.45) is 0 Å². The second kappa shape index (κ2) is 6.64. The largest absolute Gasteiger partial charge is 0.303 e. The van der Waals surface area contributed by atoms with Crippen molar-refractivity contribution < 1.29 is 0 Å². The van der Waals surface area contributed by atoms with Crippen molar-refractivity contribution >= 4 is 0 Å². The first-order valence-electron chi connectivity index (χ1n) is 8.92. The summed E-state index contributed by atoms with van der Waals surface area (Å²) in [7, 11) is 0. The van der Waals surface area contributed by atoms with Gasteiger partial charge in [0.1, 0.15) is 5.82 Å². The van der Waals surface area contributed by atoms with Gasteiger partial charge in [-0.05, 0) is 56.2 Å². The molecule has 0 atom stereocenters. The zero-order valence-electron chi connectivity index (χ0n) is 15.4. The molecule has 0 bridgehead atoms. The van der Waals surface area contributed by atoms with Crippen LogP contribution in [0.4, 0.5) is 0 Å². The predicted octanol–water partition coefficient (Wildman–Crippen LogP) is 6.13. The monoisotopic (exact) mass is 338 g/mol. The number of nitrogens with zero attached hydrogens (tertiary/aromatic N) is 2. The summed E-state index contributed by atoms with van der Waals surface area (Å²) in [5.41, 5.74) is 8.26. The van der Waals surface area contributed by atoms with Gasteiger partial charge in [-0.15, -0.1) is 0 Å². The quantitative estimate of drug-likeness (QED) is 0.439. The molecule has 128 valence electrons. The van der Waals surface area contributed by atoms with E-state index in [-0.39, 0.29) is 0 Å². The van der Waals surface area contributed by atoms with E-state index in [1.165, 1.54) is 28.1 Å². The van der Waals surface area contributed by atoms with Crippen LogP contribution in [0.2, 0.25) is 0 Å². The maximum absolute atomic E-state index is 4.88. The lowest BCUT2D eigenvalue weighted by molar-refractivity contribution is 0.924. The van der Waals surface area contributed by atoms with Gasteiger partial charge in [0, 0.05) is 17.0 Å². The Kier molecular flexibility index (Phi) is 4.18. The van der Waals surface area contributed by atoms with E-state index in [1.54, 1.807) is 0 Å². The number of hydrogen-bond donors (Lipinski definition) is 0. The Balaban J connectivity index is 1.68. The summed E-state index contributed by atoms with van der Waals surface area (Å²) in [6, 6.07) is 27.7. The maximum atomic E-state index is 4.88. The third-order valence-corrected chi connectivity index (χ3v) is 4.80. The SMILES string of the molecule is Cc1ccc(-c2ccc(-c3cccc(-n4c(C)ccc4C)n3)cc2)cc1. The summed E-state index contributed by atoms with van der Waals surface area (Å²) < 4.78 is 2.18. The summed E-state index contributed by atoms with van der Waals surface area (Å²) in [5.74, 6) is 0.963. The van der Waals surface area contributed by atoms with Gasteiger partial charge in [-0.2, -0.15) is 0 Å². The van der Waals surface area contributed by atoms with E-state index < -0.39 is 0 Å². The fraction of sp³-hybridized carbons (Fsp3) is 0.125. The first-order valence-corrected chi connectivity index (χ1v) is 8.92. The second-order valence-corrected chi connectivity index (χ2v) is 6.78. The number of aryl methyl sites for hydroxylation is 3. The first kappa shape index (κ1) is 16.3. The highest BCUT2D eigenvalue weighted by molar-refractivity contribution is 5.69. The summed E-state index contributed by atoms with van der Waals surface area (Å²) in [6.45, 7) is 6.33. The molecule has 4 aromatic rings. The molecule has 4 rings (SSSR count). The van der Waals surface area contributed by atoms with E-state index in [2.05, 4.69) is 104 Å². The minimum Gasteiger partial charge on any atom is -0.303 e.